The average Bonchev–Trinajstić information content (AvgIpc) is 3.12. The van der Waals surface area contributed by atoms with Gasteiger partial charge < -0.3 is 15.0 Å². The van der Waals surface area contributed by atoms with Crippen LogP contribution in [-0.2, 0) is 12.1 Å². The molecular formula is C24H26N2O2. The highest BCUT2D eigenvalue weighted by atomic mass is 16.6. The summed E-state index contributed by atoms with van der Waals surface area (Å²) in [5.74, 6) is 0. The minimum atomic E-state index is -1.34. The Morgan fingerprint density at radius 3 is 2.18 bits per heavy atom. The molecule has 1 fully saturated rings. The van der Waals surface area contributed by atoms with Gasteiger partial charge in [-0.2, -0.15) is 0 Å². The zero-order valence-corrected chi connectivity index (χ0v) is 16.2. The Hall–Kier alpha value is -2.53. The predicted molar refractivity (Wildman–Crippen MR) is 110 cm³/mol. The van der Waals surface area contributed by atoms with Crippen molar-refractivity contribution in [1.29, 1.82) is 0 Å². The Bertz CT molecular complexity index is 890. The van der Waals surface area contributed by atoms with Crippen molar-refractivity contribution >= 4 is 0 Å². The minimum absolute atomic E-state index is 0.277. The molecule has 4 nitrogen and oxygen atoms in total. The summed E-state index contributed by atoms with van der Waals surface area (Å²) in [6.45, 7) is 2.75. The van der Waals surface area contributed by atoms with Crippen molar-refractivity contribution in [2.24, 2.45) is 0 Å². The smallest absolute Gasteiger partial charge is 0.167 e. The van der Waals surface area contributed by atoms with E-state index in [2.05, 4.69) is 4.98 Å². The fraction of sp³-hybridized carbons (Fsp3) is 0.292. The van der Waals surface area contributed by atoms with Crippen LogP contribution >= 0.6 is 0 Å². The highest BCUT2D eigenvalue weighted by Crippen LogP contribution is 2.44. The van der Waals surface area contributed by atoms with Crippen LogP contribution in [0, 0.1) is 12.1 Å². The predicted octanol–water partition coefficient (Wildman–Crippen LogP) is 4.30. The zero-order valence-electron chi connectivity index (χ0n) is 16.2. The first-order valence-corrected chi connectivity index (χ1v) is 9.86. The molecule has 1 aliphatic heterocycles. The standard InChI is InChI=1S/C24H26N2O2/c1-19-10-8-16-25-22(19)18-26(28)17-9-15-23(26)24(27,20-11-4-2-5-12-20)21-13-6-3-7-14-21/h2-8,10-14,16,23,27H,9,15,17-18H2,1H3/t23-,26+/m0/s1. The van der Waals surface area contributed by atoms with E-state index in [1.807, 2.05) is 79.7 Å². The number of nitrogens with zero attached hydrogens (tertiary/aromatic N) is 2. The first-order valence-electron chi connectivity index (χ1n) is 9.86. The molecule has 0 radical (unpaired) electrons. The molecule has 0 amide bonds. The highest BCUT2D eigenvalue weighted by molar-refractivity contribution is 5.38. The van der Waals surface area contributed by atoms with E-state index in [9.17, 15) is 10.3 Å². The summed E-state index contributed by atoms with van der Waals surface area (Å²) in [5.41, 5.74) is 2.02. The third-order valence-electron chi connectivity index (χ3n) is 6.03. The molecule has 0 aliphatic carbocycles. The van der Waals surface area contributed by atoms with Crippen LogP contribution in [0.4, 0.5) is 0 Å². The summed E-state index contributed by atoms with van der Waals surface area (Å²) in [5, 5.41) is 26.2. The number of hydrogen-bond donors (Lipinski definition) is 1. The summed E-state index contributed by atoms with van der Waals surface area (Å²) < 4.78 is -0.460. The monoisotopic (exact) mass is 374 g/mol. The minimum Gasteiger partial charge on any atom is -0.632 e. The van der Waals surface area contributed by atoms with Gasteiger partial charge in [0.15, 0.2) is 5.60 Å². The lowest BCUT2D eigenvalue weighted by molar-refractivity contribution is -0.913. The number of aromatic nitrogens is 1. The summed E-state index contributed by atoms with van der Waals surface area (Å²) in [4.78, 5) is 4.45. The van der Waals surface area contributed by atoms with E-state index in [1.54, 1.807) is 6.20 Å². The first-order chi connectivity index (χ1) is 13.5. The van der Waals surface area contributed by atoms with Gasteiger partial charge in [0, 0.05) is 19.0 Å². The summed E-state index contributed by atoms with van der Waals surface area (Å²) in [7, 11) is 0. The van der Waals surface area contributed by atoms with E-state index in [1.165, 1.54) is 0 Å². The zero-order chi connectivity index (χ0) is 19.6. The Balaban J connectivity index is 1.81. The van der Waals surface area contributed by atoms with E-state index in [4.69, 9.17) is 0 Å². The molecule has 1 saturated heterocycles. The van der Waals surface area contributed by atoms with Gasteiger partial charge in [0.1, 0.15) is 12.6 Å². The topological polar surface area (TPSA) is 56.2 Å². The van der Waals surface area contributed by atoms with Crippen molar-refractivity contribution in [3.05, 3.63) is 107 Å². The molecule has 0 bridgehead atoms. The Kier molecular flexibility index (Phi) is 5.02. The Morgan fingerprint density at radius 1 is 1.00 bits per heavy atom. The molecule has 0 spiro atoms. The van der Waals surface area contributed by atoms with E-state index in [0.717, 1.165) is 28.8 Å². The molecule has 1 aliphatic rings. The normalized spacial score (nSPS) is 22.3. The van der Waals surface area contributed by atoms with Gasteiger partial charge in [0.2, 0.25) is 0 Å². The molecule has 28 heavy (non-hydrogen) atoms. The van der Waals surface area contributed by atoms with Gasteiger partial charge in [-0.05, 0) is 29.7 Å². The van der Waals surface area contributed by atoms with Gasteiger partial charge in [0.05, 0.1) is 12.2 Å². The number of aryl methyl sites for hydroxylation is 1. The second-order valence-electron chi connectivity index (χ2n) is 7.76. The molecule has 2 atom stereocenters. The summed E-state index contributed by atoms with van der Waals surface area (Å²) >= 11 is 0. The lowest BCUT2D eigenvalue weighted by Gasteiger charge is -2.50. The van der Waals surface area contributed by atoms with Crippen molar-refractivity contribution in [2.75, 3.05) is 6.54 Å². The lowest BCUT2D eigenvalue weighted by Crippen LogP contribution is -2.57. The maximum atomic E-state index is 14.1. The fourth-order valence-corrected chi connectivity index (χ4v) is 4.56. The number of likely N-dealkylation sites (tertiary alicyclic amines) is 1. The summed E-state index contributed by atoms with van der Waals surface area (Å²) in [6, 6.07) is 22.6. The van der Waals surface area contributed by atoms with Gasteiger partial charge in [-0.1, -0.05) is 66.7 Å². The Labute approximate surface area is 166 Å². The van der Waals surface area contributed by atoms with Gasteiger partial charge in [-0.15, -0.1) is 0 Å². The number of aliphatic hydroxyl groups is 1. The third kappa shape index (κ3) is 3.24. The maximum Gasteiger partial charge on any atom is 0.167 e. The van der Waals surface area contributed by atoms with Crippen LogP contribution in [0.25, 0.3) is 0 Å². The van der Waals surface area contributed by atoms with E-state index >= 15 is 0 Å². The van der Waals surface area contributed by atoms with Gasteiger partial charge in [-0.3, -0.25) is 4.98 Å². The van der Waals surface area contributed by atoms with Crippen LogP contribution in [0.1, 0.15) is 35.2 Å². The number of pyridine rings is 1. The van der Waals surface area contributed by atoms with E-state index in [-0.39, 0.29) is 6.54 Å². The molecule has 1 N–H and O–H groups in total. The second-order valence-corrected chi connectivity index (χ2v) is 7.76. The Morgan fingerprint density at radius 2 is 1.61 bits per heavy atom. The molecule has 4 heteroatoms. The second kappa shape index (κ2) is 7.47. The number of rotatable bonds is 5. The highest BCUT2D eigenvalue weighted by Gasteiger charge is 2.51. The van der Waals surface area contributed by atoms with Crippen molar-refractivity contribution in [3.8, 4) is 0 Å². The molecule has 0 unspecified atom stereocenters. The third-order valence-corrected chi connectivity index (χ3v) is 6.03. The molecule has 2 heterocycles. The molecule has 4 rings (SSSR count). The quantitative estimate of drug-likeness (QED) is 0.535. The summed E-state index contributed by atoms with van der Waals surface area (Å²) in [6.07, 6.45) is 3.21. The SMILES string of the molecule is Cc1cccnc1C[N@+]1([O-])CCC[C@H]1C(O)(c1ccccc1)c1ccccc1. The van der Waals surface area contributed by atoms with E-state index in [0.29, 0.717) is 13.0 Å². The van der Waals surface area contributed by atoms with Gasteiger partial charge >= 0.3 is 0 Å². The van der Waals surface area contributed by atoms with Crippen LogP contribution in [0.15, 0.2) is 79.0 Å². The number of quaternary nitrogens is 1. The van der Waals surface area contributed by atoms with Crippen LogP contribution in [0.2, 0.25) is 0 Å². The molecule has 0 saturated carbocycles. The number of hydroxylamine groups is 3. The van der Waals surface area contributed by atoms with Crippen molar-refractivity contribution in [1.82, 2.24) is 4.98 Å². The average molecular weight is 374 g/mol. The van der Waals surface area contributed by atoms with E-state index < -0.39 is 16.3 Å². The van der Waals surface area contributed by atoms with Crippen LogP contribution in [-0.4, -0.2) is 27.3 Å². The van der Waals surface area contributed by atoms with Gasteiger partial charge in [0.25, 0.3) is 0 Å². The van der Waals surface area contributed by atoms with Crippen LogP contribution in [0.3, 0.4) is 0 Å². The maximum absolute atomic E-state index is 14.1. The first kappa shape index (κ1) is 18.8. The molecule has 2 aromatic carbocycles. The molecule has 3 aromatic rings. The van der Waals surface area contributed by atoms with Crippen LogP contribution in [0.5, 0.6) is 0 Å². The van der Waals surface area contributed by atoms with Crippen molar-refractivity contribution in [3.63, 3.8) is 0 Å². The molecule has 1 aromatic heterocycles. The number of hydrogen-bond acceptors (Lipinski definition) is 3. The molecule has 144 valence electrons. The van der Waals surface area contributed by atoms with Crippen LogP contribution < -0.4 is 0 Å². The number of benzene rings is 2. The molecular weight excluding hydrogens is 348 g/mol. The largest absolute Gasteiger partial charge is 0.632 e. The lowest BCUT2D eigenvalue weighted by atomic mass is 9.78. The van der Waals surface area contributed by atoms with Crippen molar-refractivity contribution in [2.45, 2.75) is 38.0 Å². The fourth-order valence-electron chi connectivity index (χ4n) is 4.56. The van der Waals surface area contributed by atoms with Gasteiger partial charge in [-0.25, -0.2) is 0 Å². The van der Waals surface area contributed by atoms with Crippen molar-refractivity contribution < 1.29 is 9.75 Å².